The van der Waals surface area contributed by atoms with Gasteiger partial charge >= 0.3 is 0 Å². The van der Waals surface area contributed by atoms with Gasteiger partial charge in [0.15, 0.2) is 0 Å². The van der Waals surface area contributed by atoms with E-state index >= 15 is 0 Å². The van der Waals surface area contributed by atoms with Crippen LogP contribution in [0.4, 0.5) is 11.6 Å². The van der Waals surface area contributed by atoms with Gasteiger partial charge in [0.2, 0.25) is 0 Å². The average molecular weight is 290 g/mol. The summed E-state index contributed by atoms with van der Waals surface area (Å²) in [7, 11) is 0. The van der Waals surface area contributed by atoms with Crippen LogP contribution in [0.3, 0.4) is 0 Å². The van der Waals surface area contributed by atoms with Gasteiger partial charge in [-0.15, -0.1) is 0 Å². The second kappa shape index (κ2) is 6.63. The van der Waals surface area contributed by atoms with Gasteiger partial charge in [0.25, 0.3) is 0 Å². The van der Waals surface area contributed by atoms with Crippen LogP contribution < -0.4 is 10.6 Å². The molecule has 0 aliphatic heterocycles. The molecule has 0 amide bonds. The van der Waals surface area contributed by atoms with Crippen LogP contribution in [0.2, 0.25) is 0 Å². The molecule has 0 spiro atoms. The second-order valence-electron chi connectivity index (χ2n) is 7.33. The summed E-state index contributed by atoms with van der Waals surface area (Å²) in [4.78, 5) is 9.30. The third kappa shape index (κ3) is 4.58. The van der Waals surface area contributed by atoms with Crippen molar-refractivity contribution in [2.45, 2.75) is 72.3 Å². The van der Waals surface area contributed by atoms with E-state index in [1.54, 1.807) is 0 Å². The van der Waals surface area contributed by atoms with Crippen molar-refractivity contribution in [3.05, 3.63) is 11.9 Å². The van der Waals surface area contributed by atoms with Crippen LogP contribution >= 0.6 is 0 Å². The molecule has 4 heteroatoms. The number of nitrogens with one attached hydrogen (secondary N) is 2. The van der Waals surface area contributed by atoms with Gasteiger partial charge < -0.3 is 10.6 Å². The molecule has 1 aromatic rings. The van der Waals surface area contributed by atoms with E-state index in [1.165, 1.54) is 19.3 Å². The van der Waals surface area contributed by atoms with E-state index in [2.05, 4.69) is 50.2 Å². The van der Waals surface area contributed by atoms with Crippen LogP contribution in [-0.4, -0.2) is 22.6 Å². The van der Waals surface area contributed by atoms with E-state index in [0.29, 0.717) is 17.4 Å². The van der Waals surface area contributed by atoms with E-state index in [4.69, 9.17) is 4.98 Å². The minimum atomic E-state index is 0.342. The number of hydrogen-bond donors (Lipinski definition) is 2. The van der Waals surface area contributed by atoms with Gasteiger partial charge in [0.05, 0.1) is 0 Å². The Kier molecular flexibility index (Phi) is 5.07. The van der Waals surface area contributed by atoms with Gasteiger partial charge in [-0.3, -0.25) is 0 Å². The van der Waals surface area contributed by atoms with Gasteiger partial charge in [0, 0.05) is 24.6 Å². The molecule has 1 aliphatic carbocycles. The molecule has 0 aromatic carbocycles. The summed E-state index contributed by atoms with van der Waals surface area (Å²) in [6, 6.07) is 2.58. The van der Waals surface area contributed by atoms with E-state index in [0.717, 1.165) is 30.4 Å². The highest BCUT2D eigenvalue weighted by Crippen LogP contribution is 2.38. The van der Waals surface area contributed by atoms with Crippen LogP contribution in [0.5, 0.6) is 0 Å². The Morgan fingerprint density at radius 3 is 2.57 bits per heavy atom. The van der Waals surface area contributed by atoms with Crippen molar-refractivity contribution in [3.8, 4) is 0 Å². The first-order chi connectivity index (χ1) is 9.89. The molecule has 0 saturated heterocycles. The molecule has 1 heterocycles. The number of rotatable bonds is 6. The molecule has 1 saturated carbocycles. The molecule has 2 rings (SSSR count). The summed E-state index contributed by atoms with van der Waals surface area (Å²) in [5.41, 5.74) is 0.453. The van der Waals surface area contributed by atoms with Gasteiger partial charge in [0.1, 0.15) is 17.5 Å². The molecule has 1 aliphatic rings. The fraction of sp³-hybridized carbons (Fsp3) is 0.765. The van der Waals surface area contributed by atoms with E-state index < -0.39 is 0 Å². The Morgan fingerprint density at radius 2 is 2.00 bits per heavy atom. The van der Waals surface area contributed by atoms with Gasteiger partial charge in [-0.05, 0) is 31.1 Å². The third-order valence-electron chi connectivity index (χ3n) is 4.14. The first-order valence-electron chi connectivity index (χ1n) is 8.29. The maximum absolute atomic E-state index is 4.69. The summed E-state index contributed by atoms with van der Waals surface area (Å²) in [5.74, 6) is 3.16. The molecule has 0 radical (unpaired) electrons. The average Bonchev–Trinajstić information content (AvgIpc) is 2.75. The van der Waals surface area contributed by atoms with Gasteiger partial charge in [-0.2, -0.15) is 0 Å². The number of nitrogens with zero attached hydrogens (tertiary/aromatic N) is 2. The standard InChI is InChI=1S/C17H30N4/c1-6-9-18-14-10-15(21-16(20-14)12(2)3)19-13-7-8-17(4,5)11-13/h10,12-13H,6-9,11H2,1-5H3,(H2,18,19,20,21). The number of aromatic nitrogens is 2. The van der Waals surface area contributed by atoms with E-state index in [1.807, 2.05) is 6.07 Å². The molecule has 1 fully saturated rings. The maximum atomic E-state index is 4.69. The molecule has 1 unspecified atom stereocenters. The first kappa shape index (κ1) is 16.1. The minimum absolute atomic E-state index is 0.342. The molecule has 1 atom stereocenters. The normalized spacial score (nSPS) is 20.8. The van der Waals surface area contributed by atoms with Crippen molar-refractivity contribution in [3.63, 3.8) is 0 Å². The summed E-state index contributed by atoms with van der Waals surface area (Å²) >= 11 is 0. The first-order valence-corrected chi connectivity index (χ1v) is 8.29. The third-order valence-corrected chi connectivity index (χ3v) is 4.14. The Bertz CT molecular complexity index is 468. The Morgan fingerprint density at radius 1 is 1.29 bits per heavy atom. The van der Waals surface area contributed by atoms with Crippen molar-refractivity contribution in [1.82, 2.24) is 9.97 Å². The van der Waals surface area contributed by atoms with Crippen molar-refractivity contribution < 1.29 is 0 Å². The molecular weight excluding hydrogens is 260 g/mol. The summed E-state index contributed by atoms with van der Waals surface area (Å²) in [5, 5.41) is 7.00. The van der Waals surface area contributed by atoms with Gasteiger partial charge in [-0.1, -0.05) is 34.6 Å². The molecule has 0 bridgehead atoms. The lowest BCUT2D eigenvalue weighted by molar-refractivity contribution is 0.378. The Hall–Kier alpha value is -1.32. The Balaban J connectivity index is 2.12. The molecular formula is C17H30N4. The number of hydrogen-bond acceptors (Lipinski definition) is 4. The maximum Gasteiger partial charge on any atom is 0.135 e. The molecule has 4 nitrogen and oxygen atoms in total. The van der Waals surface area contributed by atoms with Crippen molar-refractivity contribution in [1.29, 1.82) is 0 Å². The molecule has 118 valence electrons. The van der Waals surface area contributed by atoms with Crippen LogP contribution in [-0.2, 0) is 0 Å². The van der Waals surface area contributed by atoms with Crippen LogP contribution in [0, 0.1) is 5.41 Å². The smallest absolute Gasteiger partial charge is 0.135 e. The lowest BCUT2D eigenvalue weighted by Gasteiger charge is -2.19. The molecule has 1 aromatic heterocycles. The summed E-state index contributed by atoms with van der Waals surface area (Å²) in [6.07, 6.45) is 4.83. The lowest BCUT2D eigenvalue weighted by atomic mass is 9.92. The van der Waals surface area contributed by atoms with Crippen LogP contribution in [0.25, 0.3) is 0 Å². The Labute approximate surface area is 129 Å². The minimum Gasteiger partial charge on any atom is -0.370 e. The molecule has 21 heavy (non-hydrogen) atoms. The predicted molar refractivity (Wildman–Crippen MR) is 89.9 cm³/mol. The van der Waals surface area contributed by atoms with E-state index in [9.17, 15) is 0 Å². The van der Waals surface area contributed by atoms with Gasteiger partial charge in [-0.25, -0.2) is 9.97 Å². The van der Waals surface area contributed by atoms with Crippen molar-refractivity contribution in [2.75, 3.05) is 17.2 Å². The fourth-order valence-electron chi connectivity index (χ4n) is 2.91. The summed E-state index contributed by atoms with van der Waals surface area (Å²) in [6.45, 7) is 12.1. The SMILES string of the molecule is CCCNc1cc(NC2CCC(C)(C)C2)nc(C(C)C)n1. The zero-order valence-electron chi connectivity index (χ0n) is 14.2. The van der Waals surface area contributed by atoms with Crippen molar-refractivity contribution >= 4 is 11.6 Å². The number of anilines is 2. The quantitative estimate of drug-likeness (QED) is 0.814. The predicted octanol–water partition coefficient (Wildman–Crippen LogP) is 4.41. The zero-order valence-corrected chi connectivity index (χ0v) is 14.2. The molecule has 2 N–H and O–H groups in total. The lowest BCUT2D eigenvalue weighted by Crippen LogP contribution is -2.19. The monoisotopic (exact) mass is 290 g/mol. The van der Waals surface area contributed by atoms with Crippen LogP contribution in [0.15, 0.2) is 6.07 Å². The highest BCUT2D eigenvalue weighted by Gasteiger charge is 2.31. The highest BCUT2D eigenvalue weighted by atomic mass is 15.1. The van der Waals surface area contributed by atoms with Crippen molar-refractivity contribution in [2.24, 2.45) is 5.41 Å². The van der Waals surface area contributed by atoms with E-state index in [-0.39, 0.29) is 0 Å². The highest BCUT2D eigenvalue weighted by molar-refractivity contribution is 5.48. The zero-order chi connectivity index (χ0) is 15.5. The largest absolute Gasteiger partial charge is 0.370 e. The fourth-order valence-corrected chi connectivity index (χ4v) is 2.91. The topological polar surface area (TPSA) is 49.8 Å². The van der Waals surface area contributed by atoms with Crippen LogP contribution in [0.1, 0.15) is 72.0 Å². The summed E-state index contributed by atoms with van der Waals surface area (Å²) < 4.78 is 0. The second-order valence-corrected chi connectivity index (χ2v) is 7.33.